The van der Waals surface area contributed by atoms with Crippen LogP contribution in [0.2, 0.25) is 0 Å². The Morgan fingerprint density at radius 1 is 0.459 bits per heavy atom. The Bertz CT molecular complexity index is 2150. The van der Waals surface area contributed by atoms with Crippen molar-refractivity contribution < 1.29 is 71.3 Å². The lowest BCUT2D eigenvalue weighted by atomic mass is 9.97. The van der Waals surface area contributed by atoms with Crippen molar-refractivity contribution in [1.29, 1.82) is 0 Å². The summed E-state index contributed by atoms with van der Waals surface area (Å²) < 4.78 is 68.4. The number of hydrogen-bond donors (Lipinski definition) is 0. The monoisotopic (exact) mass is 838 g/mol. The van der Waals surface area contributed by atoms with Crippen molar-refractivity contribution in [3.05, 3.63) is 144 Å². The van der Waals surface area contributed by atoms with Gasteiger partial charge in [0.15, 0.2) is 42.5 Å². The van der Waals surface area contributed by atoms with Gasteiger partial charge in [0.1, 0.15) is 37.1 Å². The average molecular weight is 839 g/mol. The molecule has 0 aromatic heterocycles. The molecule has 4 heterocycles. The van der Waals surface area contributed by atoms with Gasteiger partial charge >= 0.3 is 23.9 Å². The minimum absolute atomic E-state index is 0.152. The Balaban J connectivity index is 1.16. The number of esters is 4. The third kappa shape index (κ3) is 9.68. The van der Waals surface area contributed by atoms with E-state index < -0.39 is 103 Å². The van der Waals surface area contributed by atoms with Crippen LogP contribution in [0.5, 0.6) is 0 Å². The van der Waals surface area contributed by atoms with Crippen LogP contribution in [0, 0.1) is 0 Å². The highest BCUT2D eigenvalue weighted by Gasteiger charge is 2.61. The number of fused-ring (bicyclic) bond motifs is 3. The Morgan fingerprint density at radius 3 is 1.41 bits per heavy atom. The van der Waals surface area contributed by atoms with E-state index in [1.54, 1.807) is 137 Å². The fraction of sp³-hybridized carbons (Fsp3) is 0.391. The molecule has 320 valence electrons. The van der Waals surface area contributed by atoms with Crippen molar-refractivity contribution in [3.8, 4) is 0 Å². The molecule has 0 N–H and O–H groups in total. The Kier molecular flexibility index (Phi) is 12.3. The summed E-state index contributed by atoms with van der Waals surface area (Å²) in [4.78, 5) is 55.1. The number of rotatable bonds is 12. The SMILES string of the molecule is CC1(C)O[C@H]2[C@@H](O1)[C@H](CO[C@@H]1O[C@H](COC(=O)c3ccccc3)[C@@H](OC(=O)c3ccccc3)[C@H](OC(=O)c3ccccc3)[C@H]1OC(=O)c1ccccc1)O[C@@H]1OC(C)(C)O[C@@H]12. The second-order valence-corrected chi connectivity index (χ2v) is 15.8. The van der Waals surface area contributed by atoms with Crippen LogP contribution in [0.1, 0.15) is 69.1 Å². The molecule has 15 heteroatoms. The van der Waals surface area contributed by atoms with Crippen LogP contribution >= 0.6 is 0 Å². The molecule has 4 fully saturated rings. The molecule has 0 spiro atoms. The quantitative estimate of drug-likeness (QED) is 0.126. The van der Waals surface area contributed by atoms with Crippen LogP contribution in [-0.4, -0.2) is 110 Å². The van der Waals surface area contributed by atoms with Gasteiger partial charge in [-0.05, 0) is 76.2 Å². The highest BCUT2D eigenvalue weighted by Crippen LogP contribution is 2.44. The molecular formula is C46H46O15. The fourth-order valence-electron chi connectivity index (χ4n) is 7.68. The summed E-state index contributed by atoms with van der Waals surface area (Å²) in [7, 11) is 0. The maximum atomic E-state index is 14.0. The van der Waals surface area contributed by atoms with Gasteiger partial charge in [0.25, 0.3) is 0 Å². The lowest BCUT2D eigenvalue weighted by Crippen LogP contribution is -2.64. The summed E-state index contributed by atoms with van der Waals surface area (Å²) in [5.74, 6) is -5.18. The van der Waals surface area contributed by atoms with Crippen LogP contribution in [0.15, 0.2) is 121 Å². The van der Waals surface area contributed by atoms with Crippen LogP contribution in [0.4, 0.5) is 0 Å². The van der Waals surface area contributed by atoms with Crippen molar-refractivity contribution in [2.45, 2.75) is 101 Å². The summed E-state index contributed by atoms with van der Waals surface area (Å²) in [6.07, 6.45) is -11.3. The van der Waals surface area contributed by atoms with Crippen LogP contribution < -0.4 is 0 Å². The number of hydrogen-bond acceptors (Lipinski definition) is 15. The molecule has 0 saturated carbocycles. The smallest absolute Gasteiger partial charge is 0.338 e. The molecule has 4 aromatic carbocycles. The summed E-state index contributed by atoms with van der Waals surface area (Å²) in [6.45, 7) is 6.29. The second kappa shape index (κ2) is 17.8. The third-order valence-corrected chi connectivity index (χ3v) is 10.4. The van der Waals surface area contributed by atoms with E-state index in [4.69, 9.17) is 52.1 Å². The molecule has 0 radical (unpaired) electrons. The summed E-state index contributed by atoms with van der Waals surface area (Å²) in [5, 5.41) is 0. The minimum atomic E-state index is -1.60. The number of ether oxygens (including phenoxy) is 11. The van der Waals surface area contributed by atoms with E-state index in [1.807, 2.05) is 0 Å². The van der Waals surface area contributed by atoms with Gasteiger partial charge in [-0.15, -0.1) is 0 Å². The number of carbonyl (C=O) groups is 4. The van der Waals surface area contributed by atoms with Crippen molar-refractivity contribution in [2.75, 3.05) is 13.2 Å². The Morgan fingerprint density at radius 2 is 0.885 bits per heavy atom. The van der Waals surface area contributed by atoms with Gasteiger partial charge in [-0.1, -0.05) is 72.8 Å². The van der Waals surface area contributed by atoms with Crippen molar-refractivity contribution in [1.82, 2.24) is 0 Å². The van der Waals surface area contributed by atoms with E-state index in [2.05, 4.69) is 0 Å². The molecule has 4 aromatic rings. The lowest BCUT2D eigenvalue weighted by Gasteiger charge is -2.45. The highest BCUT2D eigenvalue weighted by atomic mass is 16.9. The zero-order valence-electron chi connectivity index (χ0n) is 33.9. The summed E-state index contributed by atoms with van der Waals surface area (Å²) in [5.41, 5.74) is 0.724. The molecule has 0 aliphatic carbocycles. The second-order valence-electron chi connectivity index (χ2n) is 15.8. The van der Waals surface area contributed by atoms with E-state index in [0.29, 0.717) is 0 Å². The highest BCUT2D eigenvalue weighted by molar-refractivity contribution is 5.91. The molecule has 4 saturated heterocycles. The first-order chi connectivity index (χ1) is 29.3. The Labute approximate surface area is 352 Å². The first-order valence-electron chi connectivity index (χ1n) is 20.0. The number of benzene rings is 4. The molecule has 4 aliphatic heterocycles. The standard InChI is InChI=1S/C46H46O15/c1-45(2)58-34-32(54-44-38(36(34)59-45)60-46(3,4)61-44)26-52-43-37(57-42(50)30-23-15-8-16-24-30)35(56-41(49)29-21-13-7-14-22-29)33(55-40(48)28-19-11-6-12-20-28)31(53-43)25-51-39(47)27-17-9-5-10-18-27/h5-24,31-38,43-44H,25-26H2,1-4H3/t31-,32+,33-,34+,35+,36+,37-,38-,43-,44-/m1/s1. The number of carbonyl (C=O) groups excluding carboxylic acids is 4. The largest absolute Gasteiger partial charge is 0.459 e. The topological polar surface area (TPSA) is 170 Å². The van der Waals surface area contributed by atoms with E-state index in [-0.39, 0.29) is 28.9 Å². The molecule has 15 nitrogen and oxygen atoms in total. The Hall–Kier alpha value is -5.52. The molecule has 10 atom stereocenters. The van der Waals surface area contributed by atoms with Crippen molar-refractivity contribution in [3.63, 3.8) is 0 Å². The van der Waals surface area contributed by atoms with E-state index in [9.17, 15) is 19.2 Å². The van der Waals surface area contributed by atoms with Gasteiger partial charge in [0, 0.05) is 0 Å². The molecule has 8 rings (SSSR count). The van der Waals surface area contributed by atoms with E-state index in [0.717, 1.165) is 0 Å². The maximum Gasteiger partial charge on any atom is 0.338 e. The maximum absolute atomic E-state index is 14.0. The lowest BCUT2D eigenvalue weighted by molar-refractivity contribution is -0.313. The first kappa shape index (κ1) is 42.2. The van der Waals surface area contributed by atoms with Gasteiger partial charge in [0.05, 0.1) is 28.9 Å². The molecule has 4 aliphatic rings. The van der Waals surface area contributed by atoms with Crippen molar-refractivity contribution in [2.24, 2.45) is 0 Å². The molecule has 0 unspecified atom stereocenters. The van der Waals surface area contributed by atoms with Crippen LogP contribution in [0.25, 0.3) is 0 Å². The average Bonchev–Trinajstić information content (AvgIpc) is 3.78. The zero-order valence-corrected chi connectivity index (χ0v) is 33.9. The third-order valence-electron chi connectivity index (χ3n) is 10.4. The van der Waals surface area contributed by atoms with Gasteiger partial charge in [0.2, 0.25) is 0 Å². The van der Waals surface area contributed by atoms with Crippen LogP contribution in [-0.2, 0) is 52.1 Å². The summed E-state index contributed by atoms with van der Waals surface area (Å²) >= 11 is 0. The minimum Gasteiger partial charge on any atom is -0.459 e. The van der Waals surface area contributed by atoms with Gasteiger partial charge in [-0.2, -0.15) is 0 Å². The molecule has 0 amide bonds. The first-order valence-corrected chi connectivity index (χ1v) is 20.0. The van der Waals surface area contributed by atoms with Crippen LogP contribution in [0.3, 0.4) is 0 Å². The van der Waals surface area contributed by atoms with E-state index in [1.165, 1.54) is 12.1 Å². The van der Waals surface area contributed by atoms with Gasteiger partial charge in [-0.3, -0.25) is 0 Å². The zero-order chi connectivity index (χ0) is 42.7. The van der Waals surface area contributed by atoms with E-state index >= 15 is 0 Å². The van der Waals surface area contributed by atoms with Gasteiger partial charge in [-0.25, -0.2) is 19.2 Å². The predicted octanol–water partition coefficient (Wildman–Crippen LogP) is 5.66. The molecule has 0 bridgehead atoms. The predicted molar refractivity (Wildman–Crippen MR) is 211 cm³/mol. The van der Waals surface area contributed by atoms with Gasteiger partial charge < -0.3 is 52.1 Å². The summed E-state index contributed by atoms with van der Waals surface area (Å²) in [6, 6.07) is 32.6. The molecular weight excluding hydrogens is 792 g/mol. The fourth-order valence-corrected chi connectivity index (χ4v) is 7.68. The van der Waals surface area contributed by atoms with Crippen molar-refractivity contribution >= 4 is 23.9 Å². The molecule has 61 heavy (non-hydrogen) atoms. The normalized spacial score (nSPS) is 29.6.